The Bertz CT molecular complexity index is 1390. The Balaban J connectivity index is 1.62. The summed E-state index contributed by atoms with van der Waals surface area (Å²) < 4.78 is 2.34. The fraction of sp³-hybridized carbons (Fsp3) is 0.290. The van der Waals surface area contributed by atoms with Gasteiger partial charge in [0.15, 0.2) is 5.11 Å². The van der Waals surface area contributed by atoms with E-state index < -0.39 is 0 Å². The van der Waals surface area contributed by atoms with Crippen molar-refractivity contribution >= 4 is 28.7 Å². The van der Waals surface area contributed by atoms with E-state index in [1.54, 1.807) is 0 Å². The first-order valence-corrected chi connectivity index (χ1v) is 13.2. The number of hydrogen-bond donors (Lipinski definition) is 1. The van der Waals surface area contributed by atoms with Gasteiger partial charge in [-0.2, -0.15) is 0 Å². The fourth-order valence-corrected chi connectivity index (χ4v) is 5.70. The van der Waals surface area contributed by atoms with Crippen molar-refractivity contribution in [2.24, 2.45) is 0 Å². The molecule has 1 aliphatic rings. The van der Waals surface area contributed by atoms with E-state index in [2.05, 4.69) is 122 Å². The van der Waals surface area contributed by atoms with E-state index in [1.807, 2.05) is 18.3 Å². The first kappa shape index (κ1) is 25.0. The zero-order valence-electron chi connectivity index (χ0n) is 22.4. The van der Waals surface area contributed by atoms with Crippen molar-refractivity contribution in [2.45, 2.75) is 45.7 Å². The van der Waals surface area contributed by atoms with Crippen molar-refractivity contribution in [1.29, 1.82) is 0 Å². The van der Waals surface area contributed by atoms with Gasteiger partial charge in [-0.1, -0.05) is 32.0 Å². The SMILES string of the molecule is Cc1cc(C2C(c3ccccn3)NC(=S)N2c2ccc(C(C)C)cc2)c(C)n1-c1ccc(N(C)C)cc1. The highest BCUT2D eigenvalue weighted by molar-refractivity contribution is 7.80. The molecule has 1 fully saturated rings. The van der Waals surface area contributed by atoms with Gasteiger partial charge < -0.3 is 19.7 Å². The van der Waals surface area contributed by atoms with E-state index in [0.717, 1.165) is 22.2 Å². The Labute approximate surface area is 225 Å². The number of nitrogens with one attached hydrogen (secondary N) is 1. The second-order valence-corrected chi connectivity index (χ2v) is 10.7. The predicted molar refractivity (Wildman–Crippen MR) is 158 cm³/mol. The maximum atomic E-state index is 5.95. The third kappa shape index (κ3) is 4.62. The van der Waals surface area contributed by atoms with Crippen LogP contribution in [0.5, 0.6) is 0 Å². The number of nitrogens with zero attached hydrogens (tertiary/aromatic N) is 4. The summed E-state index contributed by atoms with van der Waals surface area (Å²) in [7, 11) is 4.13. The number of hydrogen-bond acceptors (Lipinski definition) is 3. The van der Waals surface area contributed by atoms with Gasteiger partial charge in [0.1, 0.15) is 0 Å². The minimum absolute atomic E-state index is 0.0340. The molecular weight excluding hydrogens is 474 g/mol. The standard InChI is InChI=1S/C31H35N5S/c1-20(2)23-10-12-26(13-11-23)36-30(29(33-31(36)37)28-9-7-8-18-32-28)27-19-21(3)35(22(27)4)25-16-14-24(15-17-25)34(5)6/h7-20,29-30H,1-6H3,(H,33,37). The van der Waals surface area contributed by atoms with Gasteiger partial charge in [0.25, 0.3) is 0 Å². The molecule has 37 heavy (non-hydrogen) atoms. The predicted octanol–water partition coefficient (Wildman–Crippen LogP) is 6.86. The highest BCUT2D eigenvalue weighted by Gasteiger charge is 2.42. The summed E-state index contributed by atoms with van der Waals surface area (Å²) in [5.74, 6) is 0.479. The summed E-state index contributed by atoms with van der Waals surface area (Å²) in [6.07, 6.45) is 1.85. The molecule has 0 radical (unpaired) electrons. The van der Waals surface area contributed by atoms with Crippen molar-refractivity contribution in [3.8, 4) is 5.69 Å². The Kier molecular flexibility index (Phi) is 6.78. The number of thiocarbonyl (C=S) groups is 1. The molecule has 2 aromatic carbocycles. The summed E-state index contributed by atoms with van der Waals surface area (Å²) in [6, 6.07) is 25.8. The Morgan fingerprint density at radius 1 is 0.919 bits per heavy atom. The van der Waals surface area contributed by atoms with Crippen LogP contribution in [0.25, 0.3) is 5.69 Å². The van der Waals surface area contributed by atoms with Gasteiger partial charge in [0.05, 0.1) is 17.8 Å². The van der Waals surface area contributed by atoms with Crippen LogP contribution < -0.4 is 15.1 Å². The highest BCUT2D eigenvalue weighted by Crippen LogP contribution is 2.44. The van der Waals surface area contributed by atoms with Crippen LogP contribution in [0.2, 0.25) is 0 Å². The first-order valence-electron chi connectivity index (χ1n) is 12.8. The van der Waals surface area contributed by atoms with Crippen molar-refractivity contribution < 1.29 is 0 Å². The van der Waals surface area contributed by atoms with E-state index in [9.17, 15) is 0 Å². The molecule has 1 saturated heterocycles. The number of benzene rings is 2. The summed E-state index contributed by atoms with van der Waals surface area (Å²) in [6.45, 7) is 8.82. The molecule has 0 spiro atoms. The lowest BCUT2D eigenvalue weighted by atomic mass is 9.96. The van der Waals surface area contributed by atoms with Crippen molar-refractivity contribution in [2.75, 3.05) is 23.9 Å². The lowest BCUT2D eigenvalue weighted by Gasteiger charge is -2.28. The molecule has 0 saturated carbocycles. The third-order valence-corrected chi connectivity index (χ3v) is 7.66. The lowest BCUT2D eigenvalue weighted by Crippen LogP contribution is -2.29. The number of aromatic nitrogens is 2. The third-order valence-electron chi connectivity index (χ3n) is 7.35. The first-order chi connectivity index (χ1) is 17.8. The molecule has 3 heterocycles. The maximum Gasteiger partial charge on any atom is 0.174 e. The van der Waals surface area contributed by atoms with Crippen LogP contribution in [0.4, 0.5) is 11.4 Å². The number of aryl methyl sites for hydroxylation is 1. The quantitative estimate of drug-likeness (QED) is 0.288. The summed E-state index contributed by atoms with van der Waals surface area (Å²) in [5, 5.41) is 4.32. The van der Waals surface area contributed by atoms with Gasteiger partial charge in [-0.3, -0.25) is 4.98 Å². The van der Waals surface area contributed by atoms with E-state index in [-0.39, 0.29) is 12.1 Å². The average Bonchev–Trinajstić information content (AvgIpc) is 3.39. The van der Waals surface area contributed by atoms with Gasteiger partial charge in [-0.25, -0.2) is 0 Å². The van der Waals surface area contributed by atoms with E-state index in [0.29, 0.717) is 5.92 Å². The van der Waals surface area contributed by atoms with E-state index >= 15 is 0 Å². The van der Waals surface area contributed by atoms with Crippen LogP contribution in [0.1, 0.15) is 60.1 Å². The molecule has 1 aliphatic heterocycles. The smallest absolute Gasteiger partial charge is 0.174 e. The van der Waals surface area contributed by atoms with Gasteiger partial charge >= 0.3 is 0 Å². The lowest BCUT2D eigenvalue weighted by molar-refractivity contribution is 0.565. The summed E-state index contributed by atoms with van der Waals surface area (Å²) in [5.41, 5.74) is 9.37. The van der Waals surface area contributed by atoms with Crippen LogP contribution in [0, 0.1) is 13.8 Å². The molecule has 190 valence electrons. The normalized spacial score (nSPS) is 17.4. The molecule has 5 rings (SSSR count). The molecule has 5 nitrogen and oxygen atoms in total. The summed E-state index contributed by atoms with van der Waals surface area (Å²) >= 11 is 5.95. The molecule has 1 N–H and O–H groups in total. The van der Waals surface area contributed by atoms with Crippen LogP contribution in [0.3, 0.4) is 0 Å². The Morgan fingerprint density at radius 2 is 1.59 bits per heavy atom. The molecule has 4 aromatic rings. The average molecular weight is 510 g/mol. The molecule has 2 aromatic heterocycles. The molecule has 2 unspecified atom stereocenters. The Hall–Kier alpha value is -3.64. The zero-order chi connectivity index (χ0) is 26.3. The number of pyridine rings is 1. The van der Waals surface area contributed by atoms with Crippen LogP contribution >= 0.6 is 12.2 Å². The minimum atomic E-state index is -0.0662. The van der Waals surface area contributed by atoms with E-state index in [1.165, 1.54) is 28.2 Å². The van der Waals surface area contributed by atoms with Crippen molar-refractivity contribution in [1.82, 2.24) is 14.9 Å². The largest absolute Gasteiger partial charge is 0.378 e. The van der Waals surface area contributed by atoms with Crippen molar-refractivity contribution in [3.05, 3.63) is 107 Å². The van der Waals surface area contributed by atoms with Crippen molar-refractivity contribution in [3.63, 3.8) is 0 Å². The molecule has 0 bridgehead atoms. The van der Waals surface area contributed by atoms with Gasteiger partial charge in [-0.15, -0.1) is 0 Å². The monoisotopic (exact) mass is 509 g/mol. The van der Waals surface area contributed by atoms with Gasteiger partial charge in [0.2, 0.25) is 0 Å². The number of anilines is 2. The molecule has 2 atom stereocenters. The second kappa shape index (κ2) is 10.0. The highest BCUT2D eigenvalue weighted by atomic mass is 32.1. The maximum absolute atomic E-state index is 5.95. The summed E-state index contributed by atoms with van der Waals surface area (Å²) in [4.78, 5) is 9.10. The number of rotatable bonds is 6. The minimum Gasteiger partial charge on any atom is -0.378 e. The van der Waals surface area contributed by atoms with Crippen LogP contribution in [0.15, 0.2) is 79.0 Å². The molecular formula is C31H35N5S. The van der Waals surface area contributed by atoms with Gasteiger partial charge in [-0.05, 0) is 97.7 Å². The Morgan fingerprint density at radius 3 is 2.19 bits per heavy atom. The van der Waals surface area contributed by atoms with Crippen LogP contribution in [-0.4, -0.2) is 28.8 Å². The topological polar surface area (TPSA) is 36.3 Å². The van der Waals surface area contributed by atoms with Crippen LogP contribution in [-0.2, 0) is 0 Å². The van der Waals surface area contributed by atoms with Gasteiger partial charge in [0, 0.05) is 48.7 Å². The molecule has 0 aliphatic carbocycles. The fourth-order valence-electron chi connectivity index (χ4n) is 5.35. The van der Waals surface area contributed by atoms with E-state index in [4.69, 9.17) is 17.2 Å². The molecule has 0 amide bonds. The molecule has 6 heteroatoms. The zero-order valence-corrected chi connectivity index (χ0v) is 23.3. The second-order valence-electron chi connectivity index (χ2n) is 10.3.